The smallest absolute Gasteiger partial charge is 0.221 e. The lowest BCUT2D eigenvalue weighted by molar-refractivity contribution is -0.121. The van der Waals surface area contributed by atoms with E-state index in [-0.39, 0.29) is 5.91 Å². The first-order valence-electron chi connectivity index (χ1n) is 5.27. The standard InChI is InChI=1S/C12H18N2O2/c1-9-3-4-10(11(7-9)16-2)8-14-12(15)5-6-13/h3-4,7H,5-6,8,13H2,1-2H3,(H,14,15). The van der Waals surface area contributed by atoms with Crippen LogP contribution < -0.4 is 15.8 Å². The fraction of sp³-hybridized carbons (Fsp3) is 0.417. The van der Waals surface area contributed by atoms with Gasteiger partial charge in [-0.1, -0.05) is 12.1 Å². The minimum atomic E-state index is -0.0369. The Labute approximate surface area is 95.8 Å². The van der Waals surface area contributed by atoms with E-state index in [2.05, 4.69) is 5.32 Å². The average Bonchev–Trinajstić information content (AvgIpc) is 2.27. The van der Waals surface area contributed by atoms with Crippen molar-refractivity contribution >= 4 is 5.91 Å². The van der Waals surface area contributed by atoms with Crippen LogP contribution in [0.25, 0.3) is 0 Å². The topological polar surface area (TPSA) is 64.3 Å². The molecular weight excluding hydrogens is 204 g/mol. The van der Waals surface area contributed by atoms with Gasteiger partial charge >= 0.3 is 0 Å². The Morgan fingerprint density at radius 3 is 2.88 bits per heavy atom. The van der Waals surface area contributed by atoms with E-state index in [0.717, 1.165) is 16.9 Å². The van der Waals surface area contributed by atoms with Crippen LogP contribution in [0.3, 0.4) is 0 Å². The summed E-state index contributed by atoms with van der Waals surface area (Å²) in [5.41, 5.74) is 7.39. The van der Waals surface area contributed by atoms with Crippen molar-refractivity contribution in [3.05, 3.63) is 29.3 Å². The first-order chi connectivity index (χ1) is 7.67. The van der Waals surface area contributed by atoms with Crippen LogP contribution >= 0.6 is 0 Å². The van der Waals surface area contributed by atoms with Crippen molar-refractivity contribution < 1.29 is 9.53 Å². The lowest BCUT2D eigenvalue weighted by Crippen LogP contribution is -2.25. The number of ether oxygens (including phenoxy) is 1. The summed E-state index contributed by atoms with van der Waals surface area (Å²) in [5, 5.41) is 2.80. The van der Waals surface area contributed by atoms with E-state index >= 15 is 0 Å². The molecule has 0 saturated carbocycles. The number of amides is 1. The van der Waals surface area contributed by atoms with Crippen molar-refractivity contribution in [1.82, 2.24) is 5.32 Å². The summed E-state index contributed by atoms with van der Waals surface area (Å²) in [6, 6.07) is 5.90. The van der Waals surface area contributed by atoms with Crippen LogP contribution in [-0.4, -0.2) is 19.6 Å². The molecule has 88 valence electrons. The molecule has 0 aromatic heterocycles. The summed E-state index contributed by atoms with van der Waals surface area (Å²) in [7, 11) is 1.62. The van der Waals surface area contributed by atoms with E-state index in [1.807, 2.05) is 25.1 Å². The Hall–Kier alpha value is -1.55. The Balaban J connectivity index is 2.63. The zero-order chi connectivity index (χ0) is 12.0. The number of aryl methyl sites for hydroxylation is 1. The summed E-state index contributed by atoms with van der Waals surface area (Å²) in [6.45, 7) is 2.85. The van der Waals surface area contributed by atoms with Crippen molar-refractivity contribution in [2.45, 2.75) is 19.9 Å². The largest absolute Gasteiger partial charge is 0.496 e. The van der Waals surface area contributed by atoms with E-state index in [9.17, 15) is 4.79 Å². The van der Waals surface area contributed by atoms with Gasteiger partial charge in [-0.2, -0.15) is 0 Å². The molecule has 0 unspecified atom stereocenters. The Morgan fingerprint density at radius 2 is 2.25 bits per heavy atom. The van der Waals surface area contributed by atoms with Gasteiger partial charge in [-0.15, -0.1) is 0 Å². The van der Waals surface area contributed by atoms with Crippen molar-refractivity contribution in [2.24, 2.45) is 5.73 Å². The van der Waals surface area contributed by atoms with Gasteiger partial charge in [-0.05, 0) is 18.6 Å². The van der Waals surface area contributed by atoms with Crippen molar-refractivity contribution in [3.8, 4) is 5.75 Å². The third-order valence-corrected chi connectivity index (χ3v) is 2.29. The number of benzene rings is 1. The van der Waals surface area contributed by atoms with Gasteiger partial charge in [-0.25, -0.2) is 0 Å². The first kappa shape index (κ1) is 12.5. The molecule has 0 fully saturated rings. The Kier molecular flexibility index (Phi) is 4.79. The summed E-state index contributed by atoms with van der Waals surface area (Å²) in [6.07, 6.45) is 0.355. The maximum Gasteiger partial charge on any atom is 0.221 e. The summed E-state index contributed by atoms with van der Waals surface area (Å²) in [5.74, 6) is 0.762. The molecule has 1 amide bonds. The highest BCUT2D eigenvalue weighted by molar-refractivity contribution is 5.76. The van der Waals surface area contributed by atoms with Crippen molar-refractivity contribution in [3.63, 3.8) is 0 Å². The van der Waals surface area contributed by atoms with Crippen molar-refractivity contribution in [2.75, 3.05) is 13.7 Å². The molecule has 16 heavy (non-hydrogen) atoms. The number of rotatable bonds is 5. The lowest BCUT2D eigenvalue weighted by Gasteiger charge is -2.10. The SMILES string of the molecule is COc1cc(C)ccc1CNC(=O)CCN. The fourth-order valence-electron chi connectivity index (χ4n) is 1.41. The summed E-state index contributed by atoms with van der Waals surface area (Å²) >= 11 is 0. The normalized spacial score (nSPS) is 9.94. The van der Waals surface area contributed by atoms with Crippen LogP contribution in [0.1, 0.15) is 17.5 Å². The zero-order valence-electron chi connectivity index (χ0n) is 9.75. The fourth-order valence-corrected chi connectivity index (χ4v) is 1.41. The van der Waals surface area contributed by atoms with Gasteiger partial charge in [0, 0.05) is 25.1 Å². The maximum atomic E-state index is 11.3. The average molecular weight is 222 g/mol. The number of carbonyl (C=O) groups is 1. The van der Waals surface area contributed by atoms with Gasteiger partial charge in [0.05, 0.1) is 7.11 Å². The van der Waals surface area contributed by atoms with Gasteiger partial charge in [0.1, 0.15) is 5.75 Å². The van der Waals surface area contributed by atoms with E-state index in [1.54, 1.807) is 7.11 Å². The molecule has 0 spiro atoms. The van der Waals surface area contributed by atoms with Crippen LogP contribution in [-0.2, 0) is 11.3 Å². The van der Waals surface area contributed by atoms with E-state index in [4.69, 9.17) is 10.5 Å². The van der Waals surface area contributed by atoms with E-state index in [0.29, 0.717) is 19.5 Å². The highest BCUT2D eigenvalue weighted by Crippen LogP contribution is 2.19. The van der Waals surface area contributed by atoms with Crippen LogP contribution in [0, 0.1) is 6.92 Å². The number of hydrogen-bond acceptors (Lipinski definition) is 3. The predicted octanol–water partition coefficient (Wildman–Crippen LogP) is 0.969. The molecule has 0 heterocycles. The predicted molar refractivity (Wildman–Crippen MR) is 63.2 cm³/mol. The highest BCUT2D eigenvalue weighted by Gasteiger charge is 2.05. The molecule has 4 nitrogen and oxygen atoms in total. The molecular formula is C12H18N2O2. The molecule has 1 aromatic carbocycles. The van der Waals surface area contributed by atoms with Crippen molar-refractivity contribution in [1.29, 1.82) is 0 Å². The third kappa shape index (κ3) is 3.55. The van der Waals surface area contributed by atoms with Gasteiger partial charge < -0.3 is 15.8 Å². The summed E-state index contributed by atoms with van der Waals surface area (Å²) in [4.78, 5) is 11.3. The first-order valence-corrected chi connectivity index (χ1v) is 5.27. The second kappa shape index (κ2) is 6.12. The Morgan fingerprint density at radius 1 is 1.50 bits per heavy atom. The highest BCUT2D eigenvalue weighted by atomic mass is 16.5. The lowest BCUT2D eigenvalue weighted by atomic mass is 10.1. The maximum absolute atomic E-state index is 11.3. The number of nitrogens with one attached hydrogen (secondary N) is 1. The minimum absolute atomic E-state index is 0.0369. The van der Waals surface area contributed by atoms with Crippen LogP contribution in [0.5, 0.6) is 5.75 Å². The Bertz CT molecular complexity index is 364. The summed E-state index contributed by atoms with van der Waals surface area (Å²) < 4.78 is 5.24. The van der Waals surface area contributed by atoms with Gasteiger partial charge in [0.25, 0.3) is 0 Å². The number of methoxy groups -OCH3 is 1. The monoisotopic (exact) mass is 222 g/mol. The molecule has 0 aliphatic carbocycles. The molecule has 0 bridgehead atoms. The van der Waals surface area contributed by atoms with Crippen LogP contribution in [0.15, 0.2) is 18.2 Å². The van der Waals surface area contributed by atoms with E-state index in [1.165, 1.54) is 0 Å². The molecule has 0 atom stereocenters. The number of hydrogen-bond donors (Lipinski definition) is 2. The second-order valence-electron chi connectivity index (χ2n) is 3.63. The van der Waals surface area contributed by atoms with Gasteiger partial charge in [0.15, 0.2) is 0 Å². The van der Waals surface area contributed by atoms with E-state index < -0.39 is 0 Å². The third-order valence-electron chi connectivity index (χ3n) is 2.29. The van der Waals surface area contributed by atoms with Crippen LogP contribution in [0.4, 0.5) is 0 Å². The minimum Gasteiger partial charge on any atom is -0.496 e. The zero-order valence-corrected chi connectivity index (χ0v) is 9.75. The molecule has 0 aliphatic heterocycles. The number of nitrogens with two attached hydrogens (primary N) is 1. The quantitative estimate of drug-likeness (QED) is 0.780. The molecule has 0 saturated heterocycles. The van der Waals surface area contributed by atoms with Gasteiger partial charge in [0.2, 0.25) is 5.91 Å². The molecule has 3 N–H and O–H groups in total. The molecule has 0 aliphatic rings. The molecule has 0 radical (unpaired) electrons. The van der Waals surface area contributed by atoms with Gasteiger partial charge in [-0.3, -0.25) is 4.79 Å². The molecule has 1 aromatic rings. The molecule has 1 rings (SSSR count). The number of carbonyl (C=O) groups excluding carboxylic acids is 1. The molecule has 4 heteroatoms. The van der Waals surface area contributed by atoms with Crippen LogP contribution in [0.2, 0.25) is 0 Å². The second-order valence-corrected chi connectivity index (χ2v) is 3.63.